The zero-order chi connectivity index (χ0) is 9.84. The smallest absolute Gasteiger partial charge is 0.160 e. The van der Waals surface area contributed by atoms with E-state index in [9.17, 15) is 4.79 Å². The van der Waals surface area contributed by atoms with Gasteiger partial charge < -0.3 is 0 Å². The third kappa shape index (κ3) is 2.27. The van der Waals surface area contributed by atoms with E-state index in [4.69, 9.17) is 5.26 Å². The van der Waals surface area contributed by atoms with E-state index in [0.717, 1.165) is 5.56 Å². The Morgan fingerprint density at radius 3 is 2.77 bits per heavy atom. The van der Waals surface area contributed by atoms with Crippen molar-refractivity contribution in [2.75, 3.05) is 5.48 Å². The average Bonchev–Trinajstić information content (AvgIpc) is 2.08. The van der Waals surface area contributed by atoms with E-state index in [1.807, 2.05) is 6.92 Å². The van der Waals surface area contributed by atoms with E-state index in [1.165, 1.54) is 6.92 Å². The van der Waals surface area contributed by atoms with Gasteiger partial charge in [-0.05, 0) is 31.5 Å². The molecule has 0 aliphatic heterocycles. The van der Waals surface area contributed by atoms with Crippen LogP contribution >= 0.6 is 0 Å². The molecule has 0 fully saturated rings. The zero-order valence-corrected chi connectivity index (χ0v) is 7.50. The summed E-state index contributed by atoms with van der Waals surface area (Å²) in [5.41, 5.74) is 4.29. The molecule has 4 heteroatoms. The van der Waals surface area contributed by atoms with E-state index in [0.29, 0.717) is 11.3 Å². The number of anilines is 1. The Hall–Kier alpha value is -1.39. The topological polar surface area (TPSA) is 58.6 Å². The second-order valence-corrected chi connectivity index (χ2v) is 2.78. The van der Waals surface area contributed by atoms with E-state index >= 15 is 0 Å². The number of nitrogens with one attached hydrogen (secondary N) is 1. The first-order valence-corrected chi connectivity index (χ1v) is 3.83. The molecule has 0 aromatic heterocycles. The quantitative estimate of drug-likeness (QED) is 0.425. The van der Waals surface area contributed by atoms with Gasteiger partial charge in [-0.2, -0.15) is 0 Å². The van der Waals surface area contributed by atoms with Crippen LogP contribution in [0.15, 0.2) is 18.2 Å². The predicted octanol–water partition coefficient (Wildman–Crippen LogP) is 2.01. The molecular formula is C9H11NO3. The van der Waals surface area contributed by atoms with Crippen molar-refractivity contribution in [3.8, 4) is 0 Å². The van der Waals surface area contributed by atoms with Gasteiger partial charge in [0, 0.05) is 5.56 Å². The highest BCUT2D eigenvalue weighted by Crippen LogP contribution is 2.15. The average molecular weight is 181 g/mol. The summed E-state index contributed by atoms with van der Waals surface area (Å²) in [7, 11) is 0. The molecule has 0 saturated carbocycles. The number of hydrogen-bond acceptors (Lipinski definition) is 4. The summed E-state index contributed by atoms with van der Waals surface area (Å²) in [6.07, 6.45) is 0. The molecule has 0 unspecified atom stereocenters. The lowest BCUT2D eigenvalue weighted by atomic mass is 10.1. The van der Waals surface area contributed by atoms with Crippen molar-refractivity contribution >= 4 is 11.5 Å². The van der Waals surface area contributed by atoms with Gasteiger partial charge in [-0.1, -0.05) is 6.07 Å². The zero-order valence-electron chi connectivity index (χ0n) is 7.50. The van der Waals surface area contributed by atoms with Crippen molar-refractivity contribution < 1.29 is 15.0 Å². The van der Waals surface area contributed by atoms with Gasteiger partial charge in [0.25, 0.3) is 0 Å². The van der Waals surface area contributed by atoms with Crippen LogP contribution in [0.1, 0.15) is 22.8 Å². The fraction of sp³-hybridized carbons (Fsp3) is 0.222. The van der Waals surface area contributed by atoms with Gasteiger partial charge in [0.1, 0.15) is 0 Å². The van der Waals surface area contributed by atoms with Crippen LogP contribution in [-0.4, -0.2) is 11.0 Å². The van der Waals surface area contributed by atoms with E-state index in [1.54, 1.807) is 18.2 Å². The lowest BCUT2D eigenvalue weighted by Crippen LogP contribution is -2.00. The highest BCUT2D eigenvalue weighted by atomic mass is 17.2. The maximum atomic E-state index is 11.1. The lowest BCUT2D eigenvalue weighted by Gasteiger charge is -2.05. The SMILES string of the molecule is CC(=O)c1cc(NOO)ccc1C. The molecular weight excluding hydrogens is 170 g/mol. The maximum Gasteiger partial charge on any atom is 0.160 e. The molecule has 1 rings (SSSR count). The van der Waals surface area contributed by atoms with E-state index in [-0.39, 0.29) is 5.78 Å². The Labute approximate surface area is 76.0 Å². The van der Waals surface area contributed by atoms with Gasteiger partial charge in [-0.3, -0.25) is 4.79 Å². The number of rotatable bonds is 3. The lowest BCUT2D eigenvalue weighted by molar-refractivity contribution is -0.215. The summed E-state index contributed by atoms with van der Waals surface area (Å²) in [6.45, 7) is 3.34. The van der Waals surface area contributed by atoms with Gasteiger partial charge in [0.2, 0.25) is 0 Å². The number of carbonyl (C=O) groups excluding carboxylic acids is 1. The van der Waals surface area contributed by atoms with Gasteiger partial charge in [-0.15, -0.1) is 4.99 Å². The summed E-state index contributed by atoms with van der Waals surface area (Å²) in [5, 5.41) is 8.12. The van der Waals surface area contributed by atoms with Crippen LogP contribution in [0, 0.1) is 6.92 Å². The number of Topliss-reactive ketones (excluding diaryl/α,β-unsaturated/α-hetero) is 1. The van der Waals surface area contributed by atoms with Gasteiger partial charge in [0.05, 0.1) is 5.69 Å². The molecule has 1 aromatic rings. The monoisotopic (exact) mass is 181 g/mol. The number of hydrogen-bond donors (Lipinski definition) is 2. The molecule has 0 atom stereocenters. The Morgan fingerprint density at radius 1 is 1.54 bits per heavy atom. The highest BCUT2D eigenvalue weighted by Gasteiger charge is 2.04. The Balaban J connectivity index is 3.04. The molecule has 0 aliphatic carbocycles. The predicted molar refractivity (Wildman–Crippen MR) is 48.5 cm³/mol. The molecule has 4 nitrogen and oxygen atoms in total. The Morgan fingerprint density at radius 2 is 2.23 bits per heavy atom. The van der Waals surface area contributed by atoms with Crippen LogP contribution in [0.3, 0.4) is 0 Å². The second kappa shape index (κ2) is 4.02. The minimum Gasteiger partial charge on any atom is -0.294 e. The van der Waals surface area contributed by atoms with Crippen molar-refractivity contribution in [1.82, 2.24) is 0 Å². The molecule has 0 heterocycles. The van der Waals surface area contributed by atoms with Gasteiger partial charge in [-0.25, -0.2) is 10.7 Å². The minimum absolute atomic E-state index is 0.0147. The van der Waals surface area contributed by atoms with Crippen molar-refractivity contribution in [2.24, 2.45) is 0 Å². The minimum atomic E-state index is -0.0147. The summed E-state index contributed by atoms with van der Waals surface area (Å²) in [5.74, 6) is -0.0147. The first kappa shape index (κ1) is 9.70. The van der Waals surface area contributed by atoms with Crippen LogP contribution in [0.25, 0.3) is 0 Å². The molecule has 0 amide bonds. The molecule has 13 heavy (non-hydrogen) atoms. The summed E-state index contributed by atoms with van der Waals surface area (Å²) in [4.78, 5) is 14.8. The molecule has 0 spiro atoms. The first-order valence-electron chi connectivity index (χ1n) is 3.83. The second-order valence-electron chi connectivity index (χ2n) is 2.78. The van der Waals surface area contributed by atoms with Crippen molar-refractivity contribution in [3.63, 3.8) is 0 Å². The van der Waals surface area contributed by atoms with Crippen LogP contribution in [0.5, 0.6) is 0 Å². The molecule has 0 radical (unpaired) electrons. The molecule has 0 saturated heterocycles. The summed E-state index contributed by atoms with van der Waals surface area (Å²) in [6, 6.07) is 5.10. The molecule has 0 bridgehead atoms. The summed E-state index contributed by atoms with van der Waals surface area (Å²) >= 11 is 0. The number of benzene rings is 1. The van der Waals surface area contributed by atoms with Crippen LogP contribution in [-0.2, 0) is 4.99 Å². The Kier molecular flexibility index (Phi) is 3.00. The maximum absolute atomic E-state index is 11.1. The largest absolute Gasteiger partial charge is 0.294 e. The van der Waals surface area contributed by atoms with Crippen molar-refractivity contribution in [2.45, 2.75) is 13.8 Å². The Bertz CT molecular complexity index is 323. The van der Waals surface area contributed by atoms with Gasteiger partial charge >= 0.3 is 0 Å². The number of aryl methyl sites for hydroxylation is 1. The molecule has 1 aromatic carbocycles. The van der Waals surface area contributed by atoms with Crippen molar-refractivity contribution in [3.05, 3.63) is 29.3 Å². The van der Waals surface area contributed by atoms with Gasteiger partial charge in [0.15, 0.2) is 5.78 Å². The molecule has 2 N–H and O–H groups in total. The van der Waals surface area contributed by atoms with Crippen LogP contribution < -0.4 is 5.48 Å². The van der Waals surface area contributed by atoms with E-state index < -0.39 is 0 Å². The fourth-order valence-electron chi connectivity index (χ4n) is 1.12. The summed E-state index contributed by atoms with van der Waals surface area (Å²) < 4.78 is 0. The number of carbonyl (C=O) groups is 1. The third-order valence-corrected chi connectivity index (χ3v) is 1.78. The standard InChI is InChI=1S/C9H11NO3/c1-6-3-4-8(10-13-12)5-9(6)7(2)11/h3-5,10,12H,1-2H3. The fourth-order valence-corrected chi connectivity index (χ4v) is 1.12. The highest BCUT2D eigenvalue weighted by molar-refractivity contribution is 5.96. The molecule has 0 aliphatic rings. The number of ketones is 1. The first-order chi connectivity index (χ1) is 6.15. The van der Waals surface area contributed by atoms with Crippen LogP contribution in [0.4, 0.5) is 5.69 Å². The van der Waals surface area contributed by atoms with E-state index in [2.05, 4.69) is 10.5 Å². The van der Waals surface area contributed by atoms with Crippen LogP contribution in [0.2, 0.25) is 0 Å². The van der Waals surface area contributed by atoms with Crippen molar-refractivity contribution in [1.29, 1.82) is 0 Å². The normalized spacial score (nSPS) is 9.77. The third-order valence-electron chi connectivity index (χ3n) is 1.78. The molecule has 70 valence electrons.